The minimum Gasteiger partial charge on any atom is -0.137 e. The Bertz CT molecular complexity index is 529. The van der Waals surface area contributed by atoms with Gasteiger partial charge in [0.15, 0.2) is 0 Å². The van der Waals surface area contributed by atoms with Crippen LogP contribution in [0.5, 0.6) is 0 Å². The molecule has 0 saturated carbocycles. The van der Waals surface area contributed by atoms with Gasteiger partial charge in [0.1, 0.15) is 15.7 Å². The molecule has 0 heterocycles. The predicted molar refractivity (Wildman–Crippen MR) is 77.8 cm³/mol. The molecule has 0 bridgehead atoms. The molecular formula is C14H14B2. The summed E-state index contributed by atoms with van der Waals surface area (Å²) in [6.07, 6.45) is 3.85. The number of hydrogen-bond donors (Lipinski definition) is 0. The maximum Gasteiger partial charge on any atom is 0.122 e. The van der Waals surface area contributed by atoms with Gasteiger partial charge in [-0.1, -0.05) is 49.6 Å². The van der Waals surface area contributed by atoms with Crippen molar-refractivity contribution in [2.45, 2.75) is 0 Å². The zero-order valence-electron chi connectivity index (χ0n) is 9.88. The first-order chi connectivity index (χ1) is 7.70. The zero-order valence-corrected chi connectivity index (χ0v) is 9.88. The summed E-state index contributed by atoms with van der Waals surface area (Å²) in [6.45, 7) is 7.82. The SMILES string of the molecule is BC(B)=C1C(C=C)=C(C=C)c2ccccc21. The smallest absolute Gasteiger partial charge is 0.122 e. The second kappa shape index (κ2) is 4.05. The van der Waals surface area contributed by atoms with Crippen LogP contribution in [0.25, 0.3) is 11.1 Å². The topological polar surface area (TPSA) is 0 Å². The van der Waals surface area contributed by atoms with Gasteiger partial charge in [0.25, 0.3) is 0 Å². The number of benzene rings is 1. The van der Waals surface area contributed by atoms with Gasteiger partial charge in [0.05, 0.1) is 0 Å². The van der Waals surface area contributed by atoms with Gasteiger partial charge in [-0.25, -0.2) is 0 Å². The molecule has 0 unspecified atom stereocenters. The number of rotatable bonds is 2. The fraction of sp³-hybridized carbons (Fsp3) is 0. The van der Waals surface area contributed by atoms with Crippen molar-refractivity contribution >= 4 is 26.8 Å². The Morgan fingerprint density at radius 1 is 0.938 bits per heavy atom. The summed E-state index contributed by atoms with van der Waals surface area (Å²) in [7, 11) is 4.28. The number of hydrogen-bond acceptors (Lipinski definition) is 0. The Hall–Kier alpha value is -1.69. The molecule has 76 valence electrons. The number of fused-ring (bicyclic) bond motifs is 1. The van der Waals surface area contributed by atoms with Crippen LogP contribution in [0.2, 0.25) is 0 Å². The minimum absolute atomic E-state index is 1.20. The van der Waals surface area contributed by atoms with E-state index in [9.17, 15) is 0 Å². The molecule has 1 aliphatic carbocycles. The van der Waals surface area contributed by atoms with E-state index < -0.39 is 0 Å². The van der Waals surface area contributed by atoms with E-state index in [0.717, 1.165) is 0 Å². The first-order valence-corrected chi connectivity index (χ1v) is 5.47. The summed E-state index contributed by atoms with van der Waals surface area (Å²) >= 11 is 0. The second-order valence-electron chi connectivity index (χ2n) is 4.16. The third-order valence-corrected chi connectivity index (χ3v) is 2.95. The molecular weight excluding hydrogens is 190 g/mol. The van der Waals surface area contributed by atoms with E-state index in [1.165, 1.54) is 33.2 Å². The fourth-order valence-electron chi connectivity index (χ4n) is 2.33. The average Bonchev–Trinajstić information content (AvgIpc) is 2.62. The molecule has 1 aromatic rings. The lowest BCUT2D eigenvalue weighted by atomic mass is 9.72. The van der Waals surface area contributed by atoms with Gasteiger partial charge >= 0.3 is 0 Å². The first kappa shape index (κ1) is 10.8. The van der Waals surface area contributed by atoms with Crippen molar-refractivity contribution in [3.63, 3.8) is 0 Å². The van der Waals surface area contributed by atoms with Gasteiger partial charge < -0.3 is 0 Å². The fourth-order valence-corrected chi connectivity index (χ4v) is 2.33. The number of allylic oxidation sites excluding steroid dienone is 5. The van der Waals surface area contributed by atoms with E-state index in [0.29, 0.717) is 0 Å². The summed E-state index contributed by atoms with van der Waals surface area (Å²) in [5.74, 6) is 0. The highest BCUT2D eigenvalue weighted by atomic mass is 14.2. The van der Waals surface area contributed by atoms with Crippen LogP contribution in [-0.4, -0.2) is 15.7 Å². The highest BCUT2D eigenvalue weighted by Crippen LogP contribution is 2.42. The third-order valence-electron chi connectivity index (χ3n) is 2.95. The molecule has 0 amide bonds. The monoisotopic (exact) mass is 204 g/mol. The zero-order chi connectivity index (χ0) is 11.7. The van der Waals surface area contributed by atoms with Crippen molar-refractivity contribution < 1.29 is 0 Å². The van der Waals surface area contributed by atoms with Crippen molar-refractivity contribution in [3.05, 3.63) is 71.6 Å². The van der Waals surface area contributed by atoms with Crippen LogP contribution in [0.1, 0.15) is 11.1 Å². The van der Waals surface area contributed by atoms with Crippen molar-refractivity contribution in [1.82, 2.24) is 0 Å². The van der Waals surface area contributed by atoms with Gasteiger partial charge in [0.2, 0.25) is 0 Å². The highest BCUT2D eigenvalue weighted by molar-refractivity contribution is 6.52. The summed E-state index contributed by atoms with van der Waals surface area (Å²) in [5.41, 5.74) is 6.27. The van der Waals surface area contributed by atoms with Crippen molar-refractivity contribution in [2.75, 3.05) is 0 Å². The molecule has 0 aliphatic heterocycles. The second-order valence-corrected chi connectivity index (χ2v) is 4.16. The molecule has 0 radical (unpaired) electrons. The Morgan fingerprint density at radius 2 is 1.50 bits per heavy atom. The molecule has 16 heavy (non-hydrogen) atoms. The van der Waals surface area contributed by atoms with Crippen LogP contribution in [0.3, 0.4) is 0 Å². The maximum atomic E-state index is 3.92. The van der Waals surface area contributed by atoms with E-state index in [-0.39, 0.29) is 0 Å². The van der Waals surface area contributed by atoms with Gasteiger partial charge in [-0.15, -0.1) is 5.37 Å². The highest BCUT2D eigenvalue weighted by Gasteiger charge is 2.22. The lowest BCUT2D eigenvalue weighted by Gasteiger charge is -2.06. The Balaban J connectivity index is 2.84. The molecule has 0 aromatic heterocycles. The quantitative estimate of drug-likeness (QED) is 0.643. The molecule has 0 saturated heterocycles. The maximum absolute atomic E-state index is 3.92. The Morgan fingerprint density at radius 3 is 2.00 bits per heavy atom. The molecule has 0 spiro atoms. The summed E-state index contributed by atoms with van der Waals surface area (Å²) in [4.78, 5) is 0. The van der Waals surface area contributed by atoms with Crippen LogP contribution in [0.15, 0.2) is 60.5 Å². The lowest BCUT2D eigenvalue weighted by Crippen LogP contribution is -1.90. The molecule has 0 nitrogen and oxygen atoms in total. The summed E-state index contributed by atoms with van der Waals surface area (Å²) in [5, 5.41) is 1.32. The first-order valence-electron chi connectivity index (χ1n) is 5.47. The van der Waals surface area contributed by atoms with E-state index in [1.54, 1.807) is 0 Å². The molecule has 2 rings (SSSR count). The van der Waals surface area contributed by atoms with Crippen molar-refractivity contribution in [3.8, 4) is 0 Å². The largest absolute Gasteiger partial charge is 0.137 e. The van der Waals surface area contributed by atoms with Gasteiger partial charge in [-0.2, -0.15) is 0 Å². The van der Waals surface area contributed by atoms with Gasteiger partial charge in [-0.3, -0.25) is 0 Å². The van der Waals surface area contributed by atoms with E-state index in [4.69, 9.17) is 0 Å². The average molecular weight is 204 g/mol. The molecule has 0 atom stereocenters. The molecule has 0 N–H and O–H groups in total. The van der Waals surface area contributed by atoms with Crippen LogP contribution < -0.4 is 0 Å². The normalized spacial score (nSPS) is 13.6. The molecule has 2 heteroatoms. The van der Waals surface area contributed by atoms with Crippen LogP contribution in [-0.2, 0) is 0 Å². The predicted octanol–water partition coefficient (Wildman–Crippen LogP) is 1.76. The molecule has 0 fully saturated rings. The van der Waals surface area contributed by atoms with Crippen LogP contribution in [0.4, 0.5) is 0 Å². The summed E-state index contributed by atoms with van der Waals surface area (Å²) in [6, 6.07) is 8.45. The standard InChI is InChI=1S/C14H14B2/c1-3-9-10(4-2)13(14(15)16)12-8-6-5-7-11(9)12/h3-8H,1-2,15-16H2. The van der Waals surface area contributed by atoms with Gasteiger partial charge in [-0.05, 0) is 27.8 Å². The summed E-state index contributed by atoms with van der Waals surface area (Å²) < 4.78 is 0. The lowest BCUT2D eigenvalue weighted by molar-refractivity contribution is 1.60. The van der Waals surface area contributed by atoms with E-state index in [1.807, 2.05) is 12.2 Å². The molecule has 1 aromatic carbocycles. The third kappa shape index (κ3) is 1.42. The van der Waals surface area contributed by atoms with Crippen molar-refractivity contribution in [2.24, 2.45) is 0 Å². The molecule has 1 aliphatic rings. The van der Waals surface area contributed by atoms with Gasteiger partial charge in [0, 0.05) is 0 Å². The minimum atomic E-state index is 1.20. The van der Waals surface area contributed by atoms with E-state index >= 15 is 0 Å². The van der Waals surface area contributed by atoms with Crippen LogP contribution in [0, 0.1) is 0 Å². The van der Waals surface area contributed by atoms with Crippen LogP contribution >= 0.6 is 0 Å². The Kier molecular flexibility index (Phi) is 2.74. The Labute approximate surface area is 98.9 Å². The van der Waals surface area contributed by atoms with Crippen molar-refractivity contribution in [1.29, 1.82) is 0 Å². The van der Waals surface area contributed by atoms with E-state index in [2.05, 4.69) is 53.1 Å².